The van der Waals surface area contributed by atoms with Crippen LogP contribution in [0.5, 0.6) is 0 Å². The Hall–Kier alpha value is -3.85. The van der Waals surface area contributed by atoms with Crippen molar-refractivity contribution < 1.29 is 4.57 Å². The molecule has 3 heteroatoms. The number of nitrogens with zero attached hydrogens (tertiary/aromatic N) is 3. The molecule has 3 nitrogen and oxygen atoms in total. The van der Waals surface area contributed by atoms with E-state index in [0.29, 0.717) is 0 Å². The van der Waals surface area contributed by atoms with Gasteiger partial charge in [0.05, 0.1) is 27.3 Å². The van der Waals surface area contributed by atoms with Crippen LogP contribution in [0.3, 0.4) is 0 Å². The second-order valence-electron chi connectivity index (χ2n) is 9.22. The van der Waals surface area contributed by atoms with Crippen molar-refractivity contribution in [2.75, 3.05) is 19.0 Å². The van der Waals surface area contributed by atoms with Gasteiger partial charge in [-0.05, 0) is 46.8 Å². The third kappa shape index (κ3) is 1.99. The summed E-state index contributed by atoms with van der Waals surface area (Å²) >= 11 is 0. The number of aromatic nitrogens is 2. The third-order valence-electron chi connectivity index (χ3n) is 7.28. The van der Waals surface area contributed by atoms with Gasteiger partial charge < -0.3 is 9.30 Å². The molecule has 0 atom stereocenters. The minimum atomic E-state index is 1.26. The lowest BCUT2D eigenvalue weighted by Crippen LogP contribution is -2.28. The molecule has 0 aliphatic heterocycles. The van der Waals surface area contributed by atoms with Crippen molar-refractivity contribution in [3.63, 3.8) is 0 Å². The molecular weight excluding hydrogens is 390 g/mol. The van der Waals surface area contributed by atoms with Crippen molar-refractivity contribution in [2.24, 2.45) is 7.05 Å². The molecule has 3 heterocycles. The van der Waals surface area contributed by atoms with Crippen LogP contribution in [-0.4, -0.2) is 18.5 Å². The van der Waals surface area contributed by atoms with Gasteiger partial charge in [-0.25, -0.2) is 4.57 Å². The van der Waals surface area contributed by atoms with Crippen LogP contribution in [0.15, 0.2) is 72.9 Å². The van der Waals surface area contributed by atoms with Crippen molar-refractivity contribution in [3.05, 3.63) is 78.5 Å². The highest BCUT2D eigenvalue weighted by Gasteiger charge is 2.25. The molecule has 0 radical (unpaired) electrons. The minimum absolute atomic E-state index is 1.26. The fraction of sp³-hybridized carbons (Fsp3) is 0.138. The summed E-state index contributed by atoms with van der Waals surface area (Å²) in [6.45, 7) is 2.28. The predicted molar refractivity (Wildman–Crippen MR) is 136 cm³/mol. The largest absolute Gasteiger partial charge is 0.377 e. The highest BCUT2D eigenvalue weighted by molar-refractivity contribution is 6.29. The van der Waals surface area contributed by atoms with E-state index in [1.165, 1.54) is 71.0 Å². The molecule has 0 saturated heterocycles. The molecule has 0 N–H and O–H groups in total. The van der Waals surface area contributed by atoms with E-state index >= 15 is 0 Å². The van der Waals surface area contributed by atoms with Crippen molar-refractivity contribution in [2.45, 2.75) is 6.92 Å². The summed E-state index contributed by atoms with van der Waals surface area (Å²) in [4.78, 5) is 2.23. The van der Waals surface area contributed by atoms with Crippen LogP contribution < -0.4 is 9.47 Å². The first kappa shape index (κ1) is 17.8. The average molecular weight is 415 g/mol. The third-order valence-corrected chi connectivity index (χ3v) is 7.28. The fourth-order valence-corrected chi connectivity index (χ4v) is 5.89. The molecule has 3 aromatic heterocycles. The first-order valence-electron chi connectivity index (χ1n) is 11.1. The zero-order valence-electron chi connectivity index (χ0n) is 18.8. The van der Waals surface area contributed by atoms with Crippen LogP contribution in [-0.2, 0) is 7.05 Å². The topological polar surface area (TPSA) is 11.5 Å². The normalized spacial score (nSPS) is 12.4. The van der Waals surface area contributed by atoms with Gasteiger partial charge in [0.15, 0.2) is 6.20 Å². The Bertz CT molecular complexity index is 1870. The highest BCUT2D eigenvalue weighted by Crippen LogP contribution is 2.44. The summed E-state index contributed by atoms with van der Waals surface area (Å²) in [6, 6.07) is 24.7. The van der Waals surface area contributed by atoms with E-state index in [4.69, 9.17) is 0 Å². The first-order chi connectivity index (χ1) is 15.6. The van der Waals surface area contributed by atoms with Gasteiger partial charge in [0.2, 0.25) is 5.52 Å². The molecule has 0 spiro atoms. The summed E-state index contributed by atoms with van der Waals surface area (Å²) in [5.41, 5.74) is 7.78. The van der Waals surface area contributed by atoms with E-state index in [9.17, 15) is 0 Å². The van der Waals surface area contributed by atoms with Gasteiger partial charge in [0.25, 0.3) is 0 Å². The quantitative estimate of drug-likeness (QED) is 0.173. The summed E-state index contributed by atoms with van der Waals surface area (Å²) in [5.74, 6) is 0. The number of anilines is 1. The Labute approximate surface area is 186 Å². The molecule has 7 aromatic rings. The Kier molecular flexibility index (Phi) is 3.27. The van der Waals surface area contributed by atoms with Gasteiger partial charge >= 0.3 is 0 Å². The fourth-order valence-electron chi connectivity index (χ4n) is 5.89. The van der Waals surface area contributed by atoms with Crippen LogP contribution in [0, 0.1) is 6.92 Å². The van der Waals surface area contributed by atoms with Gasteiger partial charge in [-0.15, -0.1) is 0 Å². The molecule has 0 aliphatic carbocycles. The van der Waals surface area contributed by atoms with Gasteiger partial charge in [0, 0.05) is 36.6 Å². The molecule has 154 valence electrons. The Balaban J connectivity index is 1.95. The van der Waals surface area contributed by atoms with Gasteiger partial charge in [-0.1, -0.05) is 42.5 Å². The molecule has 7 rings (SSSR count). The van der Waals surface area contributed by atoms with Crippen LogP contribution >= 0.6 is 0 Å². The van der Waals surface area contributed by atoms with E-state index < -0.39 is 0 Å². The number of pyridine rings is 2. The molecule has 0 amide bonds. The van der Waals surface area contributed by atoms with E-state index in [-0.39, 0.29) is 0 Å². The van der Waals surface area contributed by atoms with Crippen molar-refractivity contribution in [1.29, 1.82) is 0 Å². The number of fused-ring (bicyclic) bond motifs is 7. The van der Waals surface area contributed by atoms with Gasteiger partial charge in [-0.3, -0.25) is 0 Å². The number of benzene rings is 4. The number of hydrogen-bond donors (Lipinski definition) is 0. The Morgan fingerprint density at radius 2 is 1.59 bits per heavy atom. The highest BCUT2D eigenvalue weighted by atomic mass is 15.1. The van der Waals surface area contributed by atoms with E-state index in [2.05, 4.69) is 115 Å². The minimum Gasteiger partial charge on any atom is -0.377 e. The maximum absolute atomic E-state index is 2.52. The molecular formula is C29H24N3+. The number of rotatable bonds is 1. The molecule has 0 aliphatic rings. The van der Waals surface area contributed by atoms with Crippen molar-refractivity contribution in [3.8, 4) is 0 Å². The summed E-state index contributed by atoms with van der Waals surface area (Å²) in [5, 5.41) is 9.23. The van der Waals surface area contributed by atoms with Crippen LogP contribution in [0.1, 0.15) is 5.56 Å². The molecule has 32 heavy (non-hydrogen) atoms. The molecule has 0 unspecified atom stereocenters. The smallest absolute Gasteiger partial charge is 0.224 e. The van der Waals surface area contributed by atoms with Crippen LogP contribution in [0.25, 0.3) is 59.8 Å². The van der Waals surface area contributed by atoms with Gasteiger partial charge in [-0.2, -0.15) is 0 Å². The van der Waals surface area contributed by atoms with Crippen LogP contribution in [0.4, 0.5) is 5.69 Å². The average Bonchev–Trinajstić information content (AvgIpc) is 3.15. The lowest BCUT2D eigenvalue weighted by Gasteiger charge is -2.15. The second kappa shape index (κ2) is 5.89. The van der Waals surface area contributed by atoms with E-state index in [0.717, 1.165) is 0 Å². The predicted octanol–water partition coefficient (Wildman–Crippen LogP) is 6.34. The van der Waals surface area contributed by atoms with Gasteiger partial charge in [0.1, 0.15) is 7.05 Å². The van der Waals surface area contributed by atoms with Crippen molar-refractivity contribution >= 4 is 65.5 Å². The molecule has 0 saturated carbocycles. The molecule has 4 aromatic carbocycles. The maximum Gasteiger partial charge on any atom is 0.224 e. The van der Waals surface area contributed by atoms with E-state index in [1.54, 1.807) is 0 Å². The monoisotopic (exact) mass is 414 g/mol. The molecule has 0 fully saturated rings. The van der Waals surface area contributed by atoms with Crippen LogP contribution in [0.2, 0.25) is 0 Å². The SMILES string of the molecule is Cc1c2ccccc2cc2c1c1c3c(ccc4c5c(N(C)C)cccc5n2c43)cc[n+]1C. The summed E-state index contributed by atoms with van der Waals surface area (Å²) < 4.78 is 4.82. The zero-order chi connectivity index (χ0) is 21.7. The summed E-state index contributed by atoms with van der Waals surface area (Å²) in [7, 11) is 6.45. The molecule has 0 bridgehead atoms. The van der Waals surface area contributed by atoms with Crippen molar-refractivity contribution in [1.82, 2.24) is 4.40 Å². The maximum atomic E-state index is 2.52. The first-order valence-corrected chi connectivity index (χ1v) is 11.1. The second-order valence-corrected chi connectivity index (χ2v) is 9.22. The zero-order valence-corrected chi connectivity index (χ0v) is 18.8. The number of aryl methyl sites for hydroxylation is 2. The lowest BCUT2D eigenvalue weighted by atomic mass is 9.96. The summed E-state index contributed by atoms with van der Waals surface area (Å²) in [6.07, 6.45) is 2.20. The van der Waals surface area contributed by atoms with E-state index in [1.807, 2.05) is 0 Å². The Morgan fingerprint density at radius 3 is 2.44 bits per heavy atom. The lowest BCUT2D eigenvalue weighted by molar-refractivity contribution is -0.643. The number of hydrogen-bond acceptors (Lipinski definition) is 1. The standard InChI is InChI=1S/C29H24N3/c1-17-20-9-6-5-8-19(20)16-24-25(17)29-26-18(14-15-31(29)4)12-13-21-27-22(30(2)3)10-7-11-23(27)32(24)28(21)26/h5-16H,1-4H3/q+1. The Morgan fingerprint density at radius 1 is 0.750 bits per heavy atom.